The van der Waals surface area contributed by atoms with E-state index in [1.165, 1.54) is 0 Å². The number of thioether (sulfide) groups is 1. The minimum absolute atomic E-state index is 0.306. The molecule has 0 aliphatic carbocycles. The summed E-state index contributed by atoms with van der Waals surface area (Å²) in [6.07, 6.45) is 0.796. The Kier molecular flexibility index (Phi) is 6.20. The molecule has 0 saturated heterocycles. The lowest BCUT2D eigenvalue weighted by molar-refractivity contribution is 0.396. The van der Waals surface area contributed by atoms with Crippen LogP contribution in [0, 0.1) is 11.3 Å². The van der Waals surface area contributed by atoms with E-state index in [1.54, 1.807) is 18.9 Å². The van der Waals surface area contributed by atoms with Gasteiger partial charge in [-0.25, -0.2) is 0 Å². The van der Waals surface area contributed by atoms with Crippen molar-refractivity contribution in [3.8, 4) is 11.8 Å². The van der Waals surface area contributed by atoms with Crippen LogP contribution < -0.4 is 10.1 Å². The van der Waals surface area contributed by atoms with Gasteiger partial charge in [-0.3, -0.25) is 5.32 Å². The summed E-state index contributed by atoms with van der Waals surface area (Å²) in [5, 5.41) is 12.6. The maximum absolute atomic E-state index is 9.29. The molecule has 104 valence electrons. The Morgan fingerprint density at radius 2 is 2.11 bits per heavy atom. The summed E-state index contributed by atoms with van der Waals surface area (Å²) in [7, 11) is 1.68. The lowest BCUT2D eigenvalue weighted by Gasteiger charge is -2.25. The first-order valence-corrected chi connectivity index (χ1v) is 7.44. The van der Waals surface area contributed by atoms with Gasteiger partial charge in [0.1, 0.15) is 11.3 Å². The fourth-order valence-electron chi connectivity index (χ4n) is 1.90. The Labute approximate surface area is 120 Å². The largest absolute Gasteiger partial charge is 0.496 e. The van der Waals surface area contributed by atoms with Crippen LogP contribution in [0.5, 0.6) is 5.75 Å². The van der Waals surface area contributed by atoms with Crippen molar-refractivity contribution >= 4 is 11.8 Å². The molecule has 0 fully saturated rings. The van der Waals surface area contributed by atoms with Crippen molar-refractivity contribution in [2.75, 3.05) is 12.9 Å². The average molecular weight is 278 g/mol. The zero-order valence-electron chi connectivity index (χ0n) is 12.1. The van der Waals surface area contributed by atoms with Crippen LogP contribution in [0.25, 0.3) is 0 Å². The second-order valence-corrected chi connectivity index (χ2v) is 6.13. The van der Waals surface area contributed by atoms with Gasteiger partial charge in [-0.1, -0.05) is 12.1 Å². The van der Waals surface area contributed by atoms with Gasteiger partial charge >= 0.3 is 0 Å². The second kappa shape index (κ2) is 7.42. The number of methoxy groups -OCH3 is 1. The molecule has 1 N–H and O–H groups in total. The minimum atomic E-state index is -0.469. The standard InChI is InChI=1S/C15H22N2OS/c1-12(2)17-15(3,11-16)9-10-19-14-8-6-5-7-13(14)18-4/h5-8,12,17H,9-10H2,1-4H3. The van der Waals surface area contributed by atoms with Gasteiger partial charge in [-0.05, 0) is 39.3 Å². The Morgan fingerprint density at radius 3 is 2.68 bits per heavy atom. The molecule has 3 nitrogen and oxygen atoms in total. The fourth-order valence-corrected chi connectivity index (χ4v) is 3.10. The molecule has 1 aromatic rings. The van der Waals surface area contributed by atoms with Crippen LogP contribution in [-0.4, -0.2) is 24.4 Å². The average Bonchev–Trinajstić information content (AvgIpc) is 2.38. The van der Waals surface area contributed by atoms with Crippen molar-refractivity contribution in [1.82, 2.24) is 5.32 Å². The molecule has 4 heteroatoms. The van der Waals surface area contributed by atoms with Gasteiger partial charge in [0.25, 0.3) is 0 Å². The van der Waals surface area contributed by atoms with Gasteiger partial charge < -0.3 is 4.74 Å². The number of nitrogens with one attached hydrogen (secondary N) is 1. The molecule has 0 bridgehead atoms. The predicted octanol–water partition coefficient (Wildman–Crippen LogP) is 3.46. The maximum Gasteiger partial charge on any atom is 0.132 e. The summed E-state index contributed by atoms with van der Waals surface area (Å²) in [5.41, 5.74) is -0.469. The van der Waals surface area contributed by atoms with Gasteiger partial charge in [0.2, 0.25) is 0 Å². The molecule has 0 heterocycles. The van der Waals surface area contributed by atoms with Gasteiger partial charge in [0, 0.05) is 16.7 Å². The lowest BCUT2D eigenvalue weighted by Crippen LogP contribution is -2.45. The highest BCUT2D eigenvalue weighted by molar-refractivity contribution is 7.99. The van der Waals surface area contributed by atoms with E-state index >= 15 is 0 Å². The molecule has 0 aromatic heterocycles. The number of benzene rings is 1. The predicted molar refractivity (Wildman–Crippen MR) is 80.6 cm³/mol. The highest BCUT2D eigenvalue weighted by Crippen LogP contribution is 2.30. The molecule has 0 aliphatic heterocycles. The van der Waals surface area contributed by atoms with Crippen molar-refractivity contribution in [2.24, 2.45) is 0 Å². The van der Waals surface area contributed by atoms with E-state index in [9.17, 15) is 5.26 Å². The molecule has 0 aliphatic rings. The zero-order valence-corrected chi connectivity index (χ0v) is 12.9. The number of hydrogen-bond donors (Lipinski definition) is 1. The molecule has 1 atom stereocenters. The molecule has 0 amide bonds. The van der Waals surface area contributed by atoms with Crippen LogP contribution in [0.4, 0.5) is 0 Å². The Balaban J connectivity index is 2.55. The van der Waals surface area contributed by atoms with E-state index in [0.29, 0.717) is 6.04 Å². The molecule has 19 heavy (non-hydrogen) atoms. The smallest absolute Gasteiger partial charge is 0.132 e. The number of hydrogen-bond acceptors (Lipinski definition) is 4. The highest BCUT2D eigenvalue weighted by Gasteiger charge is 2.23. The molecule has 0 radical (unpaired) electrons. The van der Waals surface area contributed by atoms with Gasteiger partial charge in [0.15, 0.2) is 0 Å². The van der Waals surface area contributed by atoms with Gasteiger partial charge in [-0.15, -0.1) is 11.8 Å². The molecule has 1 aromatic carbocycles. The number of rotatable bonds is 7. The monoisotopic (exact) mass is 278 g/mol. The Hall–Kier alpha value is -1.18. The molecular weight excluding hydrogens is 256 g/mol. The summed E-state index contributed by atoms with van der Waals surface area (Å²) >= 11 is 1.72. The topological polar surface area (TPSA) is 45.0 Å². The van der Waals surface area contributed by atoms with E-state index in [4.69, 9.17) is 4.74 Å². The minimum Gasteiger partial charge on any atom is -0.496 e. The van der Waals surface area contributed by atoms with Crippen LogP contribution in [0.2, 0.25) is 0 Å². The normalized spacial score (nSPS) is 13.9. The zero-order chi connectivity index (χ0) is 14.3. The van der Waals surface area contributed by atoms with E-state index in [1.807, 2.05) is 31.2 Å². The lowest BCUT2D eigenvalue weighted by atomic mass is 10.0. The van der Waals surface area contributed by atoms with E-state index in [0.717, 1.165) is 22.8 Å². The van der Waals surface area contributed by atoms with Crippen molar-refractivity contribution in [1.29, 1.82) is 5.26 Å². The van der Waals surface area contributed by atoms with Crippen LogP contribution in [-0.2, 0) is 0 Å². The molecule has 1 rings (SSSR count). The van der Waals surface area contributed by atoms with Crippen LogP contribution in [0.15, 0.2) is 29.2 Å². The molecule has 0 spiro atoms. The van der Waals surface area contributed by atoms with E-state index in [2.05, 4.69) is 25.2 Å². The third-order valence-electron chi connectivity index (χ3n) is 2.78. The first kappa shape index (κ1) is 15.9. The Morgan fingerprint density at radius 1 is 1.42 bits per heavy atom. The first-order chi connectivity index (χ1) is 9.00. The molecular formula is C15H22N2OS. The third-order valence-corrected chi connectivity index (χ3v) is 3.84. The number of nitriles is 1. The van der Waals surface area contributed by atoms with E-state index < -0.39 is 5.54 Å². The van der Waals surface area contributed by atoms with E-state index in [-0.39, 0.29) is 0 Å². The van der Waals surface area contributed by atoms with Crippen molar-refractivity contribution < 1.29 is 4.74 Å². The molecule has 1 unspecified atom stereocenters. The maximum atomic E-state index is 9.29. The SMILES string of the molecule is COc1ccccc1SCCC(C)(C#N)NC(C)C. The number of ether oxygens (including phenoxy) is 1. The third kappa shape index (κ3) is 5.14. The van der Waals surface area contributed by atoms with Crippen LogP contribution >= 0.6 is 11.8 Å². The van der Waals surface area contributed by atoms with Gasteiger partial charge in [-0.2, -0.15) is 5.26 Å². The fraction of sp³-hybridized carbons (Fsp3) is 0.533. The molecule has 0 saturated carbocycles. The number of nitrogens with zero attached hydrogens (tertiary/aromatic N) is 1. The number of para-hydroxylation sites is 1. The summed E-state index contributed by atoms with van der Waals surface area (Å²) in [6, 6.07) is 10.6. The Bertz CT molecular complexity index is 442. The van der Waals surface area contributed by atoms with Crippen molar-refractivity contribution in [3.63, 3.8) is 0 Å². The van der Waals surface area contributed by atoms with Crippen molar-refractivity contribution in [2.45, 2.75) is 43.7 Å². The quantitative estimate of drug-likeness (QED) is 0.776. The highest BCUT2D eigenvalue weighted by atomic mass is 32.2. The van der Waals surface area contributed by atoms with Gasteiger partial charge in [0.05, 0.1) is 13.2 Å². The first-order valence-electron chi connectivity index (χ1n) is 6.45. The summed E-state index contributed by atoms with van der Waals surface area (Å²) in [4.78, 5) is 1.12. The summed E-state index contributed by atoms with van der Waals surface area (Å²) in [6.45, 7) is 6.07. The summed E-state index contributed by atoms with van der Waals surface area (Å²) < 4.78 is 5.32. The summed E-state index contributed by atoms with van der Waals surface area (Å²) in [5.74, 6) is 1.77. The van der Waals surface area contributed by atoms with Crippen LogP contribution in [0.1, 0.15) is 27.2 Å². The second-order valence-electron chi connectivity index (χ2n) is 4.99. The van der Waals surface area contributed by atoms with Crippen LogP contribution in [0.3, 0.4) is 0 Å². The van der Waals surface area contributed by atoms with Crippen molar-refractivity contribution in [3.05, 3.63) is 24.3 Å².